The Bertz CT molecular complexity index is 686. The minimum atomic E-state index is -0.125. The molecule has 0 fully saturated rings. The number of hydrogen-bond acceptors (Lipinski definition) is 3. The van der Waals surface area contributed by atoms with Gasteiger partial charge in [0.2, 0.25) is 5.91 Å². The van der Waals surface area contributed by atoms with Gasteiger partial charge in [0.15, 0.2) is 0 Å². The van der Waals surface area contributed by atoms with Gasteiger partial charge in [-0.1, -0.05) is 23.7 Å². The van der Waals surface area contributed by atoms with Gasteiger partial charge >= 0.3 is 0 Å². The van der Waals surface area contributed by atoms with Crippen LogP contribution in [0.5, 0.6) is 5.75 Å². The van der Waals surface area contributed by atoms with Crippen LogP contribution in [0.25, 0.3) is 0 Å². The van der Waals surface area contributed by atoms with Gasteiger partial charge in [-0.2, -0.15) is 0 Å². The average Bonchev–Trinajstić information content (AvgIpc) is 2.48. The van der Waals surface area contributed by atoms with E-state index < -0.39 is 0 Å². The van der Waals surface area contributed by atoms with E-state index in [-0.39, 0.29) is 12.5 Å². The van der Waals surface area contributed by atoms with Crippen molar-refractivity contribution in [1.29, 1.82) is 0 Å². The van der Waals surface area contributed by atoms with E-state index in [9.17, 15) is 4.79 Å². The second-order valence-electron chi connectivity index (χ2n) is 5.07. The van der Waals surface area contributed by atoms with E-state index in [2.05, 4.69) is 10.6 Å². The van der Waals surface area contributed by atoms with Crippen LogP contribution in [-0.2, 0) is 4.79 Å². The Morgan fingerprint density at radius 1 is 1.23 bits per heavy atom. The first-order valence-electron chi connectivity index (χ1n) is 6.94. The zero-order chi connectivity index (χ0) is 16.1. The molecule has 0 saturated heterocycles. The molecule has 0 spiro atoms. The number of halogens is 1. The van der Waals surface area contributed by atoms with Crippen molar-refractivity contribution in [1.82, 2.24) is 0 Å². The van der Waals surface area contributed by atoms with E-state index in [1.807, 2.05) is 44.2 Å². The van der Waals surface area contributed by atoms with Gasteiger partial charge in [0.25, 0.3) is 0 Å². The Hall–Kier alpha value is -2.20. The molecule has 1 amide bonds. The van der Waals surface area contributed by atoms with Gasteiger partial charge in [-0.15, -0.1) is 0 Å². The zero-order valence-electron chi connectivity index (χ0n) is 12.9. The van der Waals surface area contributed by atoms with Crippen LogP contribution in [0.2, 0.25) is 5.02 Å². The topological polar surface area (TPSA) is 50.4 Å². The average molecular weight is 319 g/mol. The Balaban J connectivity index is 2.01. The van der Waals surface area contributed by atoms with Crippen LogP contribution in [0.4, 0.5) is 11.4 Å². The van der Waals surface area contributed by atoms with Crippen LogP contribution in [0.1, 0.15) is 11.1 Å². The largest absolute Gasteiger partial charge is 0.495 e. The maximum absolute atomic E-state index is 12.0. The lowest BCUT2D eigenvalue weighted by Crippen LogP contribution is -2.22. The molecule has 116 valence electrons. The highest BCUT2D eigenvalue weighted by Crippen LogP contribution is 2.30. The number of hydrogen-bond donors (Lipinski definition) is 2. The quantitative estimate of drug-likeness (QED) is 0.875. The van der Waals surface area contributed by atoms with Crippen LogP contribution < -0.4 is 15.4 Å². The van der Waals surface area contributed by atoms with Gasteiger partial charge in [-0.25, -0.2) is 0 Å². The second kappa shape index (κ2) is 7.18. The minimum Gasteiger partial charge on any atom is -0.495 e. The van der Waals surface area contributed by atoms with Gasteiger partial charge in [-0.05, 0) is 43.2 Å². The lowest BCUT2D eigenvalue weighted by atomic mass is 10.2. The van der Waals surface area contributed by atoms with E-state index >= 15 is 0 Å². The maximum Gasteiger partial charge on any atom is 0.243 e. The Morgan fingerprint density at radius 2 is 2.00 bits per heavy atom. The number of nitrogens with one attached hydrogen (secondary N) is 2. The SMILES string of the molecule is COc1cc(Cl)c(C)cc1NCC(=O)Nc1cccc(C)c1. The summed E-state index contributed by atoms with van der Waals surface area (Å²) in [6, 6.07) is 11.3. The molecule has 22 heavy (non-hydrogen) atoms. The number of rotatable bonds is 5. The molecule has 0 atom stereocenters. The van der Waals surface area contributed by atoms with E-state index in [1.165, 1.54) is 0 Å². The number of carbonyl (C=O) groups is 1. The lowest BCUT2D eigenvalue weighted by Gasteiger charge is -2.13. The van der Waals surface area contributed by atoms with Crippen molar-refractivity contribution in [3.05, 3.63) is 52.5 Å². The molecular weight excluding hydrogens is 300 g/mol. The number of methoxy groups -OCH3 is 1. The molecule has 0 saturated carbocycles. The third kappa shape index (κ3) is 4.15. The third-order valence-corrected chi connectivity index (χ3v) is 3.63. The molecular formula is C17H19ClN2O2. The summed E-state index contributed by atoms with van der Waals surface area (Å²) in [6.07, 6.45) is 0. The van der Waals surface area contributed by atoms with E-state index in [0.29, 0.717) is 10.8 Å². The van der Waals surface area contributed by atoms with Crippen molar-refractivity contribution >= 4 is 28.9 Å². The van der Waals surface area contributed by atoms with Crippen molar-refractivity contribution < 1.29 is 9.53 Å². The highest BCUT2D eigenvalue weighted by molar-refractivity contribution is 6.31. The fourth-order valence-corrected chi connectivity index (χ4v) is 2.23. The molecule has 0 unspecified atom stereocenters. The van der Waals surface area contributed by atoms with Gasteiger partial charge < -0.3 is 15.4 Å². The molecule has 0 aromatic heterocycles. The number of carbonyl (C=O) groups excluding carboxylic acids is 1. The highest BCUT2D eigenvalue weighted by Gasteiger charge is 2.09. The van der Waals surface area contributed by atoms with E-state index in [4.69, 9.17) is 16.3 Å². The molecule has 2 N–H and O–H groups in total. The molecule has 0 bridgehead atoms. The molecule has 2 aromatic carbocycles. The molecule has 5 heteroatoms. The predicted molar refractivity (Wildman–Crippen MR) is 91.0 cm³/mol. The maximum atomic E-state index is 12.0. The Labute approximate surface area is 135 Å². The summed E-state index contributed by atoms with van der Waals surface area (Å²) in [4.78, 5) is 12.0. The van der Waals surface area contributed by atoms with Gasteiger partial charge in [-0.3, -0.25) is 4.79 Å². The first kappa shape index (κ1) is 16.2. The smallest absolute Gasteiger partial charge is 0.243 e. The standard InChI is InChI=1S/C17H19ClN2O2/c1-11-5-4-6-13(7-11)20-17(21)10-19-15-8-12(2)14(18)9-16(15)22-3/h4-9,19H,10H2,1-3H3,(H,20,21). The molecule has 2 rings (SSSR count). The zero-order valence-corrected chi connectivity index (χ0v) is 13.6. The summed E-state index contributed by atoms with van der Waals surface area (Å²) in [7, 11) is 1.57. The van der Waals surface area contributed by atoms with Gasteiger partial charge in [0.1, 0.15) is 5.75 Å². The van der Waals surface area contributed by atoms with Crippen molar-refractivity contribution in [2.45, 2.75) is 13.8 Å². The fraction of sp³-hybridized carbons (Fsp3) is 0.235. The summed E-state index contributed by atoms with van der Waals surface area (Å²) in [5, 5.41) is 6.55. The van der Waals surface area contributed by atoms with Crippen molar-refractivity contribution in [2.75, 3.05) is 24.3 Å². The fourth-order valence-electron chi connectivity index (χ4n) is 2.07. The summed E-state index contributed by atoms with van der Waals surface area (Å²) in [5.74, 6) is 0.485. The van der Waals surface area contributed by atoms with Gasteiger partial charge in [0.05, 0.1) is 19.3 Å². The summed E-state index contributed by atoms with van der Waals surface area (Å²) in [5.41, 5.74) is 3.54. The van der Waals surface area contributed by atoms with E-state index in [1.54, 1.807) is 13.2 Å². The molecule has 2 aromatic rings. The molecule has 0 heterocycles. The third-order valence-electron chi connectivity index (χ3n) is 3.22. The van der Waals surface area contributed by atoms with Crippen molar-refractivity contribution in [3.63, 3.8) is 0 Å². The summed E-state index contributed by atoms with van der Waals surface area (Å²) >= 11 is 6.06. The van der Waals surface area contributed by atoms with Crippen LogP contribution in [-0.4, -0.2) is 19.6 Å². The minimum absolute atomic E-state index is 0.125. The number of anilines is 2. The Kier molecular flexibility index (Phi) is 5.28. The van der Waals surface area contributed by atoms with Crippen LogP contribution >= 0.6 is 11.6 Å². The molecule has 0 aliphatic heterocycles. The number of ether oxygens (including phenoxy) is 1. The van der Waals surface area contributed by atoms with E-state index in [0.717, 1.165) is 22.5 Å². The lowest BCUT2D eigenvalue weighted by molar-refractivity contribution is -0.114. The number of aryl methyl sites for hydroxylation is 2. The predicted octanol–water partition coefficient (Wildman–Crippen LogP) is 4.02. The first-order valence-corrected chi connectivity index (χ1v) is 7.32. The monoisotopic (exact) mass is 318 g/mol. The number of benzene rings is 2. The van der Waals surface area contributed by atoms with Crippen molar-refractivity contribution in [3.8, 4) is 5.75 Å². The summed E-state index contributed by atoms with van der Waals surface area (Å²) < 4.78 is 5.27. The molecule has 4 nitrogen and oxygen atoms in total. The van der Waals surface area contributed by atoms with Crippen LogP contribution in [0.15, 0.2) is 36.4 Å². The number of amides is 1. The summed E-state index contributed by atoms with van der Waals surface area (Å²) in [6.45, 7) is 4.03. The highest BCUT2D eigenvalue weighted by atomic mass is 35.5. The van der Waals surface area contributed by atoms with Gasteiger partial charge in [0, 0.05) is 16.8 Å². The second-order valence-corrected chi connectivity index (χ2v) is 5.48. The first-order chi connectivity index (χ1) is 10.5. The molecule has 0 aliphatic carbocycles. The molecule has 0 radical (unpaired) electrons. The Morgan fingerprint density at radius 3 is 2.68 bits per heavy atom. The normalized spacial score (nSPS) is 10.2. The van der Waals surface area contributed by atoms with Crippen molar-refractivity contribution in [2.24, 2.45) is 0 Å². The molecule has 0 aliphatic rings. The van der Waals surface area contributed by atoms with Crippen LogP contribution in [0.3, 0.4) is 0 Å². The van der Waals surface area contributed by atoms with Crippen LogP contribution in [0, 0.1) is 13.8 Å².